The molecule has 0 heterocycles. The molecule has 0 radical (unpaired) electrons. The Morgan fingerprint density at radius 1 is 1.31 bits per heavy atom. The molecule has 16 heavy (non-hydrogen) atoms. The van der Waals surface area contributed by atoms with Gasteiger partial charge in [0.25, 0.3) is 0 Å². The molecule has 86 valence electrons. The number of carbonyl (C=O) groups excluding carboxylic acids is 1. The van der Waals surface area contributed by atoms with Gasteiger partial charge in [-0.05, 0) is 0 Å². The van der Waals surface area contributed by atoms with Crippen molar-refractivity contribution in [2.24, 2.45) is 0 Å². The Balaban J connectivity index is 2.20. The Morgan fingerprint density at radius 3 is 2.62 bits per heavy atom. The van der Waals surface area contributed by atoms with Crippen molar-refractivity contribution in [3.8, 4) is 0 Å². The van der Waals surface area contributed by atoms with Gasteiger partial charge in [0.05, 0.1) is 0 Å². The van der Waals surface area contributed by atoms with Crippen molar-refractivity contribution in [1.29, 1.82) is 0 Å². The zero-order valence-corrected chi connectivity index (χ0v) is 12.0. The van der Waals surface area contributed by atoms with Crippen LogP contribution in [0.3, 0.4) is 0 Å². The van der Waals surface area contributed by atoms with Crippen LogP contribution in [0.2, 0.25) is 4.47 Å². The van der Waals surface area contributed by atoms with E-state index in [0.29, 0.717) is 0 Å². The van der Waals surface area contributed by atoms with E-state index in [1.807, 2.05) is 6.92 Å². The number of benzene rings is 1. The molecule has 0 aliphatic heterocycles. The molecule has 1 N–H and O–H groups in total. The van der Waals surface area contributed by atoms with Crippen molar-refractivity contribution in [2.75, 3.05) is 6.54 Å². The molecule has 0 spiro atoms. The maximum absolute atomic E-state index is 10.8. The van der Waals surface area contributed by atoms with Crippen LogP contribution >= 0.6 is 0 Å². The fourth-order valence-corrected chi connectivity index (χ4v) is 3.54. The van der Waals surface area contributed by atoms with Gasteiger partial charge in [0, 0.05) is 0 Å². The van der Waals surface area contributed by atoms with Crippen LogP contribution in [-0.4, -0.2) is 33.3 Å². The number of hydrogen-bond donors (Lipinski definition) is 1. The second kappa shape index (κ2) is 7.49. The van der Waals surface area contributed by atoms with E-state index in [4.69, 9.17) is 0 Å². The SMILES string of the molecule is CC(=O)/C=C(\C)NCC[Te]c1ccccc1. The average Bonchev–Trinajstić information content (AvgIpc) is 2.25. The fraction of sp³-hybridized carbons (Fsp3) is 0.308. The topological polar surface area (TPSA) is 29.1 Å². The number of hydrogen-bond acceptors (Lipinski definition) is 2. The molecule has 1 aromatic carbocycles. The van der Waals surface area contributed by atoms with E-state index in [1.54, 1.807) is 13.0 Å². The van der Waals surface area contributed by atoms with Crippen LogP contribution in [0.1, 0.15) is 13.8 Å². The Labute approximate surface area is 107 Å². The van der Waals surface area contributed by atoms with E-state index < -0.39 is 0 Å². The Kier molecular flexibility index (Phi) is 6.22. The first-order chi connectivity index (χ1) is 7.68. The normalized spacial score (nSPS) is 11.2. The van der Waals surface area contributed by atoms with Gasteiger partial charge in [-0.1, -0.05) is 0 Å². The van der Waals surface area contributed by atoms with E-state index >= 15 is 0 Å². The summed E-state index contributed by atoms with van der Waals surface area (Å²) in [6.45, 7) is 4.47. The number of rotatable bonds is 6. The number of nitrogens with one attached hydrogen (secondary N) is 1. The monoisotopic (exact) mass is 333 g/mol. The first-order valence-corrected chi connectivity index (χ1v) is 8.10. The molecule has 0 amide bonds. The average molecular weight is 331 g/mol. The van der Waals surface area contributed by atoms with Gasteiger partial charge in [-0.2, -0.15) is 0 Å². The van der Waals surface area contributed by atoms with Crippen LogP contribution < -0.4 is 8.93 Å². The standard InChI is InChI=1S/C13H17NOTe/c1-11(10-12(2)15)14-8-9-16-13-6-4-3-5-7-13/h3-7,10,14H,8-9H2,1-2H3/b11-10+. The van der Waals surface area contributed by atoms with Crippen LogP contribution in [0.25, 0.3) is 0 Å². The quantitative estimate of drug-likeness (QED) is 0.487. The van der Waals surface area contributed by atoms with Crippen molar-refractivity contribution >= 4 is 30.3 Å². The number of carbonyl (C=O) groups is 1. The zero-order chi connectivity index (χ0) is 11.8. The minimum atomic E-state index is -0.0776. The van der Waals surface area contributed by atoms with Gasteiger partial charge in [-0.25, -0.2) is 0 Å². The Morgan fingerprint density at radius 2 is 2.00 bits per heavy atom. The predicted molar refractivity (Wildman–Crippen MR) is 69.1 cm³/mol. The molecule has 0 aliphatic rings. The molecule has 0 aliphatic carbocycles. The summed E-state index contributed by atoms with van der Waals surface area (Å²) in [4.78, 5) is 10.8. The third kappa shape index (κ3) is 5.95. The molecule has 0 bridgehead atoms. The number of ketones is 1. The molecular weight excluding hydrogens is 314 g/mol. The predicted octanol–water partition coefficient (Wildman–Crippen LogP) is 1.52. The van der Waals surface area contributed by atoms with Gasteiger partial charge in [0.1, 0.15) is 0 Å². The summed E-state index contributed by atoms with van der Waals surface area (Å²) in [5.74, 6) is 0.101. The van der Waals surface area contributed by atoms with Crippen LogP contribution in [0.4, 0.5) is 0 Å². The third-order valence-electron chi connectivity index (χ3n) is 1.94. The van der Waals surface area contributed by atoms with Crippen molar-refractivity contribution in [2.45, 2.75) is 18.3 Å². The van der Waals surface area contributed by atoms with E-state index in [2.05, 4.69) is 35.6 Å². The molecule has 0 saturated carbocycles. The zero-order valence-electron chi connectivity index (χ0n) is 9.69. The maximum atomic E-state index is 10.8. The Hall–Kier alpha value is -0.780. The summed E-state index contributed by atoms with van der Waals surface area (Å²) in [7, 11) is 0. The van der Waals surface area contributed by atoms with Crippen LogP contribution in [0, 0.1) is 0 Å². The van der Waals surface area contributed by atoms with Gasteiger partial charge in [-0.15, -0.1) is 0 Å². The summed E-state index contributed by atoms with van der Waals surface area (Å²) in [6, 6.07) is 10.6. The molecule has 0 fully saturated rings. The summed E-state index contributed by atoms with van der Waals surface area (Å²) >= 11 is -0.0776. The first kappa shape index (κ1) is 13.3. The second-order valence-corrected chi connectivity index (χ2v) is 6.86. The molecule has 0 saturated heterocycles. The van der Waals surface area contributed by atoms with E-state index in [0.717, 1.165) is 12.2 Å². The van der Waals surface area contributed by atoms with Gasteiger partial charge in [-0.3, -0.25) is 0 Å². The minimum absolute atomic E-state index is 0.0776. The van der Waals surface area contributed by atoms with E-state index in [9.17, 15) is 4.79 Å². The molecule has 0 aromatic heterocycles. The van der Waals surface area contributed by atoms with Gasteiger partial charge >= 0.3 is 107 Å². The molecule has 3 heteroatoms. The fourth-order valence-electron chi connectivity index (χ4n) is 1.29. The third-order valence-corrected chi connectivity index (χ3v) is 4.83. The molecule has 0 atom stereocenters. The first-order valence-electron chi connectivity index (χ1n) is 5.29. The van der Waals surface area contributed by atoms with E-state index in [1.165, 1.54) is 8.08 Å². The van der Waals surface area contributed by atoms with Gasteiger partial charge < -0.3 is 0 Å². The Bertz CT molecular complexity index is 359. The van der Waals surface area contributed by atoms with Crippen molar-refractivity contribution in [1.82, 2.24) is 5.32 Å². The van der Waals surface area contributed by atoms with Crippen molar-refractivity contribution in [3.63, 3.8) is 0 Å². The van der Waals surface area contributed by atoms with Crippen molar-refractivity contribution < 1.29 is 4.79 Å². The summed E-state index contributed by atoms with van der Waals surface area (Å²) in [5.41, 5.74) is 0.966. The summed E-state index contributed by atoms with van der Waals surface area (Å²) in [6.07, 6.45) is 1.64. The van der Waals surface area contributed by atoms with Gasteiger partial charge in [0.15, 0.2) is 0 Å². The van der Waals surface area contributed by atoms with Crippen LogP contribution in [-0.2, 0) is 4.79 Å². The van der Waals surface area contributed by atoms with Gasteiger partial charge in [0.2, 0.25) is 0 Å². The van der Waals surface area contributed by atoms with Crippen LogP contribution in [0.5, 0.6) is 0 Å². The molecule has 2 nitrogen and oxygen atoms in total. The molecular formula is C13H17NOTe. The molecule has 1 rings (SSSR count). The second-order valence-electron chi connectivity index (χ2n) is 3.53. The molecule has 1 aromatic rings. The number of allylic oxidation sites excluding steroid dienone is 2. The molecule has 0 unspecified atom stereocenters. The summed E-state index contributed by atoms with van der Waals surface area (Å²) in [5, 5.41) is 3.26. The van der Waals surface area contributed by atoms with Crippen LogP contribution in [0.15, 0.2) is 42.1 Å². The summed E-state index contributed by atoms with van der Waals surface area (Å²) < 4.78 is 2.70. The van der Waals surface area contributed by atoms with Crippen molar-refractivity contribution in [3.05, 3.63) is 42.1 Å². The van der Waals surface area contributed by atoms with E-state index in [-0.39, 0.29) is 26.7 Å².